The number of hydrogen-bond acceptors (Lipinski definition) is 4. The lowest BCUT2D eigenvalue weighted by molar-refractivity contribution is -0.116. The molecular weight excluding hydrogens is 294 g/mol. The van der Waals surface area contributed by atoms with Gasteiger partial charge in [-0.25, -0.2) is 4.98 Å². The van der Waals surface area contributed by atoms with Crippen molar-refractivity contribution in [2.24, 2.45) is 0 Å². The normalized spacial score (nSPS) is 17.9. The average Bonchev–Trinajstić information content (AvgIpc) is 3.04. The SMILES string of the molecule is Cl.O=C(CCC1CCCN1)Nc1nc2ccccc2s1. The van der Waals surface area contributed by atoms with Crippen LogP contribution in [-0.4, -0.2) is 23.5 Å². The van der Waals surface area contributed by atoms with E-state index in [0.29, 0.717) is 17.6 Å². The van der Waals surface area contributed by atoms with E-state index in [9.17, 15) is 4.79 Å². The Balaban J connectivity index is 0.00000147. The average molecular weight is 312 g/mol. The lowest BCUT2D eigenvalue weighted by atomic mass is 10.1. The smallest absolute Gasteiger partial charge is 0.226 e. The number of para-hydroxylation sites is 1. The summed E-state index contributed by atoms with van der Waals surface area (Å²) < 4.78 is 1.11. The molecule has 1 fully saturated rings. The predicted molar refractivity (Wildman–Crippen MR) is 85.8 cm³/mol. The maximum Gasteiger partial charge on any atom is 0.226 e. The summed E-state index contributed by atoms with van der Waals surface area (Å²) >= 11 is 1.53. The molecule has 0 radical (unpaired) electrons. The number of thiazole rings is 1. The molecule has 1 unspecified atom stereocenters. The monoisotopic (exact) mass is 311 g/mol. The van der Waals surface area contributed by atoms with Crippen LogP contribution in [0, 0.1) is 0 Å². The van der Waals surface area contributed by atoms with Crippen molar-refractivity contribution < 1.29 is 4.79 Å². The minimum atomic E-state index is 0. The summed E-state index contributed by atoms with van der Waals surface area (Å²) in [7, 11) is 0. The number of amides is 1. The molecule has 1 aliphatic rings. The summed E-state index contributed by atoms with van der Waals surface area (Å²) in [6, 6.07) is 8.44. The first-order valence-electron chi connectivity index (χ1n) is 6.70. The third-order valence-corrected chi connectivity index (χ3v) is 4.37. The second-order valence-electron chi connectivity index (χ2n) is 4.87. The van der Waals surface area contributed by atoms with E-state index in [2.05, 4.69) is 15.6 Å². The van der Waals surface area contributed by atoms with Crippen LogP contribution in [0.3, 0.4) is 0 Å². The highest BCUT2D eigenvalue weighted by molar-refractivity contribution is 7.22. The summed E-state index contributed by atoms with van der Waals surface area (Å²) in [6.45, 7) is 1.09. The second kappa shape index (κ2) is 7.02. The van der Waals surface area contributed by atoms with Crippen LogP contribution >= 0.6 is 23.7 Å². The van der Waals surface area contributed by atoms with Crippen LogP contribution in [0.15, 0.2) is 24.3 Å². The third-order valence-electron chi connectivity index (χ3n) is 3.42. The molecule has 2 aromatic rings. The second-order valence-corrected chi connectivity index (χ2v) is 5.90. The van der Waals surface area contributed by atoms with Crippen molar-refractivity contribution in [2.75, 3.05) is 11.9 Å². The van der Waals surface area contributed by atoms with Gasteiger partial charge >= 0.3 is 0 Å². The van der Waals surface area contributed by atoms with Crippen LogP contribution in [0.4, 0.5) is 5.13 Å². The molecule has 2 heterocycles. The zero-order valence-corrected chi connectivity index (χ0v) is 12.7. The number of anilines is 1. The summed E-state index contributed by atoms with van der Waals surface area (Å²) in [6.07, 6.45) is 3.89. The van der Waals surface area contributed by atoms with Crippen molar-refractivity contribution in [3.05, 3.63) is 24.3 Å². The van der Waals surface area contributed by atoms with Crippen LogP contribution in [0.5, 0.6) is 0 Å². The Kier molecular flexibility index (Phi) is 5.34. The standard InChI is InChI=1S/C14H17N3OS.ClH/c18-13(8-7-10-4-3-9-15-10)17-14-16-11-5-1-2-6-12(11)19-14;/h1-2,5-6,10,15H,3-4,7-9H2,(H,16,17,18);1H. The molecule has 108 valence electrons. The van der Waals surface area contributed by atoms with Gasteiger partial charge in [0.25, 0.3) is 0 Å². The number of halogens is 1. The maximum atomic E-state index is 11.9. The topological polar surface area (TPSA) is 54.0 Å². The molecule has 0 spiro atoms. The van der Waals surface area contributed by atoms with Gasteiger partial charge in [-0.1, -0.05) is 23.5 Å². The molecule has 2 N–H and O–H groups in total. The predicted octanol–water partition coefficient (Wildman–Crippen LogP) is 3.19. The Bertz CT molecular complexity index is 548. The first-order chi connectivity index (χ1) is 9.31. The molecule has 1 atom stereocenters. The summed E-state index contributed by atoms with van der Waals surface area (Å²) in [4.78, 5) is 16.3. The van der Waals surface area contributed by atoms with Gasteiger partial charge in [0.05, 0.1) is 10.2 Å². The molecule has 1 amide bonds. The van der Waals surface area contributed by atoms with E-state index in [-0.39, 0.29) is 18.3 Å². The van der Waals surface area contributed by atoms with Crippen molar-refractivity contribution in [1.29, 1.82) is 0 Å². The largest absolute Gasteiger partial charge is 0.314 e. The van der Waals surface area contributed by atoms with Crippen LogP contribution in [-0.2, 0) is 4.79 Å². The Labute approximate surface area is 128 Å². The molecule has 1 aromatic carbocycles. The van der Waals surface area contributed by atoms with Gasteiger partial charge in [-0.15, -0.1) is 12.4 Å². The Morgan fingerprint density at radius 3 is 3.05 bits per heavy atom. The lowest BCUT2D eigenvalue weighted by Gasteiger charge is -2.08. The van der Waals surface area contributed by atoms with Gasteiger partial charge in [0, 0.05) is 12.5 Å². The third kappa shape index (κ3) is 3.69. The highest BCUT2D eigenvalue weighted by Gasteiger charge is 2.15. The van der Waals surface area contributed by atoms with E-state index in [1.54, 1.807) is 0 Å². The summed E-state index contributed by atoms with van der Waals surface area (Å²) in [5.74, 6) is 0.0627. The van der Waals surface area contributed by atoms with Crippen LogP contribution in [0.2, 0.25) is 0 Å². The van der Waals surface area contributed by atoms with E-state index >= 15 is 0 Å². The fourth-order valence-electron chi connectivity index (χ4n) is 2.42. The number of nitrogens with one attached hydrogen (secondary N) is 2. The zero-order valence-electron chi connectivity index (χ0n) is 11.1. The number of nitrogens with zero attached hydrogens (tertiary/aromatic N) is 1. The van der Waals surface area contributed by atoms with E-state index in [4.69, 9.17) is 0 Å². The van der Waals surface area contributed by atoms with Crippen LogP contribution in [0.1, 0.15) is 25.7 Å². The molecule has 6 heteroatoms. The molecule has 3 rings (SSSR count). The van der Waals surface area contributed by atoms with Gasteiger partial charge < -0.3 is 10.6 Å². The first kappa shape index (κ1) is 15.2. The maximum absolute atomic E-state index is 11.9. The molecular formula is C14H18ClN3OS. The number of rotatable bonds is 4. The number of aromatic nitrogens is 1. The fraction of sp³-hybridized carbons (Fsp3) is 0.429. The summed E-state index contributed by atoms with van der Waals surface area (Å²) in [5.41, 5.74) is 0.945. The summed E-state index contributed by atoms with van der Waals surface area (Å²) in [5, 5.41) is 7.00. The number of fused-ring (bicyclic) bond motifs is 1. The number of carbonyl (C=O) groups is 1. The van der Waals surface area contributed by atoms with Crippen molar-refractivity contribution in [1.82, 2.24) is 10.3 Å². The number of hydrogen-bond donors (Lipinski definition) is 2. The van der Waals surface area contributed by atoms with E-state index in [1.807, 2.05) is 24.3 Å². The van der Waals surface area contributed by atoms with Gasteiger partial charge in [-0.05, 0) is 37.9 Å². The highest BCUT2D eigenvalue weighted by Crippen LogP contribution is 2.25. The Hall–Kier alpha value is -1.17. The number of carbonyl (C=O) groups excluding carboxylic acids is 1. The van der Waals surface area contributed by atoms with Gasteiger partial charge in [0.1, 0.15) is 0 Å². The van der Waals surface area contributed by atoms with Gasteiger partial charge in [0.15, 0.2) is 5.13 Å². The van der Waals surface area contributed by atoms with E-state index in [1.165, 1.54) is 24.2 Å². The van der Waals surface area contributed by atoms with Crippen molar-refractivity contribution in [3.63, 3.8) is 0 Å². The van der Waals surface area contributed by atoms with Gasteiger partial charge in [-0.3, -0.25) is 4.79 Å². The van der Waals surface area contributed by atoms with Gasteiger partial charge in [0.2, 0.25) is 5.91 Å². The van der Waals surface area contributed by atoms with Crippen LogP contribution < -0.4 is 10.6 Å². The molecule has 1 saturated heterocycles. The molecule has 20 heavy (non-hydrogen) atoms. The molecule has 1 aliphatic heterocycles. The molecule has 0 bridgehead atoms. The lowest BCUT2D eigenvalue weighted by Crippen LogP contribution is -2.23. The van der Waals surface area contributed by atoms with Crippen molar-refractivity contribution >= 4 is 45.0 Å². The highest BCUT2D eigenvalue weighted by atomic mass is 35.5. The van der Waals surface area contributed by atoms with E-state index < -0.39 is 0 Å². The van der Waals surface area contributed by atoms with Crippen molar-refractivity contribution in [2.45, 2.75) is 31.7 Å². The Morgan fingerprint density at radius 1 is 1.45 bits per heavy atom. The van der Waals surface area contributed by atoms with Crippen LogP contribution in [0.25, 0.3) is 10.2 Å². The van der Waals surface area contributed by atoms with Gasteiger partial charge in [-0.2, -0.15) is 0 Å². The van der Waals surface area contributed by atoms with Crippen molar-refractivity contribution in [3.8, 4) is 0 Å². The minimum Gasteiger partial charge on any atom is -0.314 e. The molecule has 4 nitrogen and oxygen atoms in total. The quantitative estimate of drug-likeness (QED) is 0.911. The molecule has 0 aliphatic carbocycles. The minimum absolute atomic E-state index is 0. The zero-order chi connectivity index (χ0) is 13.1. The van der Waals surface area contributed by atoms with E-state index in [0.717, 1.165) is 23.2 Å². The molecule has 1 aromatic heterocycles. The fourth-order valence-corrected chi connectivity index (χ4v) is 3.30. The Morgan fingerprint density at radius 2 is 2.30 bits per heavy atom. The number of benzene rings is 1. The first-order valence-corrected chi connectivity index (χ1v) is 7.52. The molecule has 0 saturated carbocycles.